The van der Waals surface area contributed by atoms with Crippen LogP contribution in [0.25, 0.3) is 0 Å². The van der Waals surface area contributed by atoms with Crippen molar-refractivity contribution in [2.45, 2.75) is 32.7 Å². The summed E-state index contributed by atoms with van der Waals surface area (Å²) < 4.78 is 0. The maximum absolute atomic E-state index is 5.74. The first-order valence-corrected chi connectivity index (χ1v) is 6.03. The largest absolute Gasteiger partial charge is 0.330 e. The van der Waals surface area contributed by atoms with Crippen molar-refractivity contribution in [2.75, 3.05) is 40.3 Å². The monoisotopic (exact) mass is 213 g/mol. The van der Waals surface area contributed by atoms with E-state index in [1.54, 1.807) is 0 Å². The van der Waals surface area contributed by atoms with Crippen LogP contribution in [0.3, 0.4) is 0 Å². The molecule has 1 aliphatic heterocycles. The number of hydrogen-bond acceptors (Lipinski definition) is 3. The number of hydrogen-bond donors (Lipinski definition) is 1. The van der Waals surface area contributed by atoms with E-state index >= 15 is 0 Å². The Kier molecular flexibility index (Phi) is 4.56. The maximum Gasteiger partial charge on any atom is 0.0229 e. The van der Waals surface area contributed by atoms with E-state index in [9.17, 15) is 0 Å². The van der Waals surface area contributed by atoms with Gasteiger partial charge in [0.1, 0.15) is 0 Å². The molecule has 90 valence electrons. The van der Waals surface area contributed by atoms with Gasteiger partial charge in [-0.05, 0) is 52.0 Å². The molecule has 0 bridgehead atoms. The van der Waals surface area contributed by atoms with Gasteiger partial charge in [0.15, 0.2) is 0 Å². The van der Waals surface area contributed by atoms with E-state index in [1.807, 2.05) is 0 Å². The molecule has 0 amide bonds. The molecule has 3 heteroatoms. The Hall–Kier alpha value is -0.120. The molecule has 15 heavy (non-hydrogen) atoms. The van der Waals surface area contributed by atoms with E-state index in [4.69, 9.17) is 5.73 Å². The Morgan fingerprint density at radius 1 is 1.40 bits per heavy atom. The Labute approximate surface area is 94.6 Å². The highest BCUT2D eigenvalue weighted by Crippen LogP contribution is 2.21. The molecule has 1 heterocycles. The van der Waals surface area contributed by atoms with Crippen molar-refractivity contribution in [3.8, 4) is 0 Å². The van der Waals surface area contributed by atoms with Crippen molar-refractivity contribution >= 4 is 0 Å². The van der Waals surface area contributed by atoms with E-state index in [2.05, 4.69) is 37.7 Å². The predicted molar refractivity (Wildman–Crippen MR) is 66.0 cm³/mol. The van der Waals surface area contributed by atoms with E-state index in [0.29, 0.717) is 5.41 Å². The van der Waals surface area contributed by atoms with Crippen LogP contribution in [0.1, 0.15) is 26.7 Å². The Bertz CT molecular complexity index is 189. The van der Waals surface area contributed by atoms with Crippen LogP contribution >= 0.6 is 0 Å². The highest BCUT2D eigenvalue weighted by atomic mass is 15.2. The first-order chi connectivity index (χ1) is 6.94. The van der Waals surface area contributed by atoms with Crippen LogP contribution in [-0.2, 0) is 0 Å². The number of likely N-dealkylation sites (tertiary alicyclic amines) is 1. The van der Waals surface area contributed by atoms with Gasteiger partial charge in [-0.15, -0.1) is 0 Å². The van der Waals surface area contributed by atoms with Crippen LogP contribution in [0.15, 0.2) is 0 Å². The van der Waals surface area contributed by atoms with Crippen molar-refractivity contribution in [3.05, 3.63) is 0 Å². The molecule has 1 fully saturated rings. The van der Waals surface area contributed by atoms with Gasteiger partial charge >= 0.3 is 0 Å². The van der Waals surface area contributed by atoms with E-state index in [1.165, 1.54) is 32.5 Å². The molecular weight excluding hydrogens is 186 g/mol. The van der Waals surface area contributed by atoms with Gasteiger partial charge in [0.25, 0.3) is 0 Å². The highest BCUT2D eigenvalue weighted by molar-refractivity contribution is 4.82. The molecule has 0 aromatic carbocycles. The maximum atomic E-state index is 5.74. The highest BCUT2D eigenvalue weighted by Gasteiger charge is 2.25. The normalized spacial score (nSPS) is 24.0. The standard InChI is InChI=1S/C12H27N3/c1-12(2,10-13)6-8-15-7-5-11(9-15)14(3)4/h11H,5-10,13H2,1-4H3. The van der Waals surface area contributed by atoms with Gasteiger partial charge in [-0.1, -0.05) is 13.8 Å². The van der Waals surface area contributed by atoms with Gasteiger partial charge in [0.05, 0.1) is 0 Å². The van der Waals surface area contributed by atoms with Crippen LogP contribution in [0.2, 0.25) is 0 Å². The predicted octanol–water partition coefficient (Wildman–Crippen LogP) is 0.997. The van der Waals surface area contributed by atoms with E-state index < -0.39 is 0 Å². The van der Waals surface area contributed by atoms with Crippen molar-refractivity contribution in [1.82, 2.24) is 9.80 Å². The van der Waals surface area contributed by atoms with Crippen LogP contribution in [0, 0.1) is 5.41 Å². The first kappa shape index (κ1) is 12.9. The minimum Gasteiger partial charge on any atom is -0.330 e. The van der Waals surface area contributed by atoms with Gasteiger partial charge in [0, 0.05) is 12.6 Å². The SMILES string of the molecule is CN(C)C1CCN(CCC(C)(C)CN)C1. The summed E-state index contributed by atoms with van der Waals surface area (Å²) in [6.45, 7) is 8.99. The molecule has 1 atom stereocenters. The fraction of sp³-hybridized carbons (Fsp3) is 1.00. The Balaban J connectivity index is 2.25. The molecule has 0 radical (unpaired) electrons. The van der Waals surface area contributed by atoms with Crippen molar-refractivity contribution in [2.24, 2.45) is 11.1 Å². The summed E-state index contributed by atoms with van der Waals surface area (Å²) in [6, 6.07) is 0.756. The molecule has 2 N–H and O–H groups in total. The second-order valence-corrected chi connectivity index (χ2v) is 5.83. The van der Waals surface area contributed by atoms with E-state index in [-0.39, 0.29) is 0 Å². The minimum absolute atomic E-state index is 0.302. The molecule has 1 rings (SSSR count). The number of likely N-dealkylation sites (N-methyl/N-ethyl adjacent to an activating group) is 1. The fourth-order valence-electron chi connectivity index (χ4n) is 2.00. The summed E-state index contributed by atoms with van der Waals surface area (Å²) in [5.74, 6) is 0. The molecule has 0 saturated carbocycles. The average Bonchev–Trinajstić information content (AvgIpc) is 2.63. The van der Waals surface area contributed by atoms with Gasteiger partial charge in [-0.2, -0.15) is 0 Å². The smallest absolute Gasteiger partial charge is 0.0229 e. The van der Waals surface area contributed by atoms with Gasteiger partial charge < -0.3 is 15.5 Å². The lowest BCUT2D eigenvalue weighted by Gasteiger charge is -2.26. The lowest BCUT2D eigenvalue weighted by Crippen LogP contribution is -2.34. The van der Waals surface area contributed by atoms with Gasteiger partial charge in [0.2, 0.25) is 0 Å². The first-order valence-electron chi connectivity index (χ1n) is 6.03. The molecule has 1 aliphatic rings. The molecule has 0 aromatic heterocycles. The van der Waals surface area contributed by atoms with Crippen LogP contribution < -0.4 is 5.73 Å². The summed E-state index contributed by atoms with van der Waals surface area (Å²) in [5, 5.41) is 0. The number of nitrogens with two attached hydrogens (primary N) is 1. The molecule has 0 spiro atoms. The summed E-state index contributed by atoms with van der Waals surface area (Å²) in [5.41, 5.74) is 6.04. The topological polar surface area (TPSA) is 32.5 Å². The lowest BCUT2D eigenvalue weighted by molar-refractivity contribution is 0.232. The molecule has 1 unspecified atom stereocenters. The summed E-state index contributed by atoms with van der Waals surface area (Å²) in [7, 11) is 4.36. The van der Waals surface area contributed by atoms with Crippen LogP contribution in [0.5, 0.6) is 0 Å². The molecule has 3 nitrogen and oxygen atoms in total. The third kappa shape index (κ3) is 4.09. The van der Waals surface area contributed by atoms with Crippen LogP contribution in [-0.4, -0.2) is 56.1 Å². The zero-order valence-corrected chi connectivity index (χ0v) is 10.8. The summed E-state index contributed by atoms with van der Waals surface area (Å²) in [6.07, 6.45) is 2.53. The lowest BCUT2D eigenvalue weighted by atomic mass is 9.89. The summed E-state index contributed by atoms with van der Waals surface area (Å²) >= 11 is 0. The minimum atomic E-state index is 0.302. The Morgan fingerprint density at radius 3 is 2.53 bits per heavy atom. The van der Waals surface area contributed by atoms with Gasteiger partial charge in [-0.25, -0.2) is 0 Å². The fourth-order valence-corrected chi connectivity index (χ4v) is 2.00. The number of nitrogens with zero attached hydrogens (tertiary/aromatic N) is 2. The van der Waals surface area contributed by atoms with Crippen molar-refractivity contribution in [3.63, 3.8) is 0 Å². The van der Waals surface area contributed by atoms with Gasteiger partial charge in [-0.3, -0.25) is 0 Å². The quantitative estimate of drug-likeness (QED) is 0.739. The second kappa shape index (κ2) is 5.28. The molecule has 0 aliphatic carbocycles. The molecule has 1 saturated heterocycles. The van der Waals surface area contributed by atoms with E-state index in [0.717, 1.165) is 12.6 Å². The molecule has 0 aromatic rings. The third-order valence-electron chi connectivity index (χ3n) is 3.64. The average molecular weight is 213 g/mol. The summed E-state index contributed by atoms with van der Waals surface area (Å²) in [4.78, 5) is 4.91. The Morgan fingerprint density at radius 2 is 2.07 bits per heavy atom. The zero-order valence-electron chi connectivity index (χ0n) is 10.8. The van der Waals surface area contributed by atoms with Crippen molar-refractivity contribution < 1.29 is 0 Å². The molecular formula is C12H27N3. The number of rotatable bonds is 5. The van der Waals surface area contributed by atoms with Crippen molar-refractivity contribution in [1.29, 1.82) is 0 Å². The van der Waals surface area contributed by atoms with Crippen LogP contribution in [0.4, 0.5) is 0 Å². The third-order valence-corrected chi connectivity index (χ3v) is 3.64. The second-order valence-electron chi connectivity index (χ2n) is 5.83. The zero-order chi connectivity index (χ0) is 11.5.